The number of ketones is 2. The summed E-state index contributed by atoms with van der Waals surface area (Å²) in [6, 6.07) is 13.9. The van der Waals surface area contributed by atoms with Crippen molar-refractivity contribution in [3.63, 3.8) is 0 Å². The first-order valence-corrected chi connectivity index (χ1v) is 9.76. The molecule has 4 rings (SSSR count). The van der Waals surface area contributed by atoms with Gasteiger partial charge < -0.3 is 10.2 Å². The second-order valence-electron chi connectivity index (χ2n) is 8.54. The molecule has 6 nitrogen and oxygen atoms in total. The van der Waals surface area contributed by atoms with Crippen LogP contribution in [0.2, 0.25) is 0 Å². The highest BCUT2D eigenvalue weighted by atomic mass is 16.4. The Bertz CT molecular complexity index is 946. The number of aliphatic carboxylic acids is 2. The van der Waals surface area contributed by atoms with E-state index in [1.807, 2.05) is 0 Å². The second kappa shape index (κ2) is 7.52. The third-order valence-electron chi connectivity index (χ3n) is 6.83. The van der Waals surface area contributed by atoms with Crippen LogP contribution in [0.3, 0.4) is 0 Å². The summed E-state index contributed by atoms with van der Waals surface area (Å²) >= 11 is 0. The van der Waals surface area contributed by atoms with E-state index in [-0.39, 0.29) is 11.6 Å². The number of rotatable bonds is 2. The normalized spacial score (nSPS) is 23.6. The zero-order valence-electron chi connectivity index (χ0n) is 17.1. The Morgan fingerprint density at radius 1 is 0.800 bits per heavy atom. The first-order valence-electron chi connectivity index (χ1n) is 9.76. The quantitative estimate of drug-likeness (QED) is 0.662. The first-order chi connectivity index (χ1) is 14.0. The number of fused-ring (bicyclic) bond motifs is 2. The number of hydrogen-bond acceptors (Lipinski definition) is 4. The smallest absolute Gasteiger partial charge is 0.309 e. The molecule has 2 atom stereocenters. The molecule has 2 unspecified atom stereocenters. The van der Waals surface area contributed by atoms with Crippen molar-refractivity contribution in [2.75, 3.05) is 0 Å². The number of carbonyl (C=O) groups is 4. The molecule has 2 aliphatic rings. The van der Waals surface area contributed by atoms with Crippen LogP contribution in [0, 0.1) is 16.7 Å². The van der Waals surface area contributed by atoms with Gasteiger partial charge in [-0.05, 0) is 25.2 Å². The Kier molecular flexibility index (Phi) is 5.37. The van der Waals surface area contributed by atoms with Gasteiger partial charge in [0.1, 0.15) is 0 Å². The summed E-state index contributed by atoms with van der Waals surface area (Å²) in [6.07, 6.45) is 0.886. The third-order valence-corrected chi connectivity index (χ3v) is 6.83. The van der Waals surface area contributed by atoms with E-state index in [1.54, 1.807) is 69.3 Å². The molecule has 30 heavy (non-hydrogen) atoms. The molecule has 2 aliphatic carbocycles. The van der Waals surface area contributed by atoms with Gasteiger partial charge in [-0.3, -0.25) is 19.2 Å². The molecule has 2 N–H and O–H groups in total. The molecule has 0 saturated heterocycles. The molecule has 0 amide bonds. The predicted molar refractivity (Wildman–Crippen MR) is 110 cm³/mol. The molecule has 6 heteroatoms. The maximum Gasteiger partial charge on any atom is 0.309 e. The predicted octanol–water partition coefficient (Wildman–Crippen LogP) is 4.06. The minimum absolute atomic E-state index is 0.0641. The van der Waals surface area contributed by atoms with Crippen molar-refractivity contribution in [2.24, 2.45) is 16.7 Å². The van der Waals surface area contributed by atoms with Crippen molar-refractivity contribution in [3.05, 3.63) is 70.8 Å². The zero-order valence-corrected chi connectivity index (χ0v) is 17.1. The highest BCUT2D eigenvalue weighted by Gasteiger charge is 2.58. The van der Waals surface area contributed by atoms with Crippen molar-refractivity contribution < 1.29 is 29.4 Å². The van der Waals surface area contributed by atoms with Gasteiger partial charge in [0.25, 0.3) is 0 Å². The van der Waals surface area contributed by atoms with Crippen LogP contribution in [0.15, 0.2) is 48.5 Å². The molecule has 0 radical (unpaired) electrons. The fourth-order valence-corrected chi connectivity index (χ4v) is 4.36. The monoisotopic (exact) mass is 408 g/mol. The van der Waals surface area contributed by atoms with Gasteiger partial charge in [0, 0.05) is 22.3 Å². The lowest BCUT2D eigenvalue weighted by atomic mass is 9.66. The number of carboxylic acids is 2. The van der Waals surface area contributed by atoms with E-state index in [9.17, 15) is 19.2 Å². The van der Waals surface area contributed by atoms with Gasteiger partial charge in [-0.15, -0.1) is 0 Å². The molecule has 0 aliphatic heterocycles. The molecule has 0 aromatic heterocycles. The average molecular weight is 408 g/mol. The van der Waals surface area contributed by atoms with Gasteiger partial charge in [0.2, 0.25) is 0 Å². The minimum Gasteiger partial charge on any atom is -0.481 e. The maximum absolute atomic E-state index is 12.1. The largest absolute Gasteiger partial charge is 0.481 e. The van der Waals surface area contributed by atoms with Gasteiger partial charge in [-0.2, -0.15) is 0 Å². The SMILES string of the molecule is CC1(C(=O)O)CCC(C(=O)O)C1(C)C.O=C1c2ccccc2C(=O)c2ccccc21. The highest BCUT2D eigenvalue weighted by molar-refractivity contribution is 6.28. The molecule has 2 aromatic rings. The van der Waals surface area contributed by atoms with Gasteiger partial charge in [0.15, 0.2) is 11.6 Å². The van der Waals surface area contributed by atoms with E-state index in [2.05, 4.69) is 0 Å². The topological polar surface area (TPSA) is 109 Å². The highest BCUT2D eigenvalue weighted by Crippen LogP contribution is 2.56. The summed E-state index contributed by atoms with van der Waals surface area (Å²) in [5.74, 6) is -2.47. The lowest BCUT2D eigenvalue weighted by molar-refractivity contribution is -0.157. The van der Waals surface area contributed by atoms with Gasteiger partial charge in [0.05, 0.1) is 11.3 Å². The summed E-state index contributed by atoms with van der Waals surface area (Å²) in [5.41, 5.74) is 0.413. The van der Waals surface area contributed by atoms with E-state index >= 15 is 0 Å². The summed E-state index contributed by atoms with van der Waals surface area (Å²) in [4.78, 5) is 46.3. The van der Waals surface area contributed by atoms with Crippen LogP contribution in [0.4, 0.5) is 0 Å². The number of carboxylic acid groups (broad SMARTS) is 2. The molecular weight excluding hydrogens is 384 g/mol. The molecule has 2 aromatic carbocycles. The Balaban J connectivity index is 0.000000173. The molecule has 0 bridgehead atoms. The average Bonchev–Trinajstić information content (AvgIpc) is 2.97. The van der Waals surface area contributed by atoms with Crippen LogP contribution < -0.4 is 0 Å². The Labute approximate surface area is 174 Å². The van der Waals surface area contributed by atoms with E-state index < -0.39 is 28.7 Å². The second-order valence-corrected chi connectivity index (χ2v) is 8.54. The maximum atomic E-state index is 12.1. The fourth-order valence-electron chi connectivity index (χ4n) is 4.36. The van der Waals surface area contributed by atoms with Crippen LogP contribution in [0.1, 0.15) is 65.5 Å². The van der Waals surface area contributed by atoms with Crippen LogP contribution in [-0.2, 0) is 9.59 Å². The summed E-state index contributed by atoms with van der Waals surface area (Å²) in [7, 11) is 0. The molecule has 0 spiro atoms. The number of benzene rings is 2. The third kappa shape index (κ3) is 3.22. The lowest BCUT2D eigenvalue weighted by Gasteiger charge is -2.36. The first kappa shape index (κ1) is 21.4. The molecule has 1 fully saturated rings. The van der Waals surface area contributed by atoms with Crippen molar-refractivity contribution in [2.45, 2.75) is 33.6 Å². The standard InChI is InChI=1S/C14H8O2.C10H16O4/c15-13-9-5-1-2-6-10(9)14(16)12-8-4-3-7-11(12)13;1-9(2)6(7(11)12)4-5-10(9,3)8(13)14/h1-8H;6H,4-5H2,1-3H3,(H,11,12)(H,13,14). The van der Waals surface area contributed by atoms with E-state index in [0.717, 1.165) is 0 Å². The summed E-state index contributed by atoms with van der Waals surface area (Å²) in [5, 5.41) is 18.1. The molecule has 1 saturated carbocycles. The van der Waals surface area contributed by atoms with E-state index in [1.165, 1.54) is 0 Å². The minimum atomic E-state index is -0.921. The van der Waals surface area contributed by atoms with Crippen LogP contribution in [0.25, 0.3) is 0 Å². The Morgan fingerprint density at radius 2 is 1.17 bits per heavy atom. The van der Waals surface area contributed by atoms with Gasteiger partial charge in [-0.1, -0.05) is 62.4 Å². The molecule has 0 heterocycles. The molecule has 156 valence electrons. The van der Waals surface area contributed by atoms with E-state index in [0.29, 0.717) is 35.1 Å². The van der Waals surface area contributed by atoms with Gasteiger partial charge in [-0.25, -0.2) is 0 Å². The van der Waals surface area contributed by atoms with Crippen molar-refractivity contribution >= 4 is 23.5 Å². The Hall–Kier alpha value is -3.28. The van der Waals surface area contributed by atoms with E-state index in [4.69, 9.17) is 10.2 Å². The molecular formula is C24H24O6. The summed E-state index contributed by atoms with van der Waals surface area (Å²) in [6.45, 7) is 5.10. The lowest BCUT2D eigenvalue weighted by Crippen LogP contribution is -2.42. The number of hydrogen-bond donors (Lipinski definition) is 2. The number of carbonyl (C=O) groups excluding carboxylic acids is 2. The zero-order chi connectivity index (χ0) is 22.3. The van der Waals surface area contributed by atoms with Crippen LogP contribution in [-0.4, -0.2) is 33.7 Å². The Morgan fingerprint density at radius 3 is 1.40 bits per heavy atom. The van der Waals surface area contributed by atoms with Crippen LogP contribution >= 0.6 is 0 Å². The van der Waals surface area contributed by atoms with Crippen LogP contribution in [0.5, 0.6) is 0 Å². The summed E-state index contributed by atoms with van der Waals surface area (Å²) < 4.78 is 0. The van der Waals surface area contributed by atoms with Gasteiger partial charge >= 0.3 is 11.9 Å². The van der Waals surface area contributed by atoms with Crippen molar-refractivity contribution in [1.82, 2.24) is 0 Å². The van der Waals surface area contributed by atoms with Crippen molar-refractivity contribution in [3.8, 4) is 0 Å². The van der Waals surface area contributed by atoms with Crippen molar-refractivity contribution in [1.29, 1.82) is 0 Å². The fraction of sp³-hybridized carbons (Fsp3) is 0.333.